The molecule has 1 aromatic carbocycles. The molecule has 0 radical (unpaired) electrons. The molecule has 0 saturated carbocycles. The van der Waals surface area contributed by atoms with Crippen LogP contribution in [0.15, 0.2) is 39.0 Å². The van der Waals surface area contributed by atoms with Gasteiger partial charge in [0.05, 0.1) is 12.8 Å². The Labute approximate surface area is 187 Å². The van der Waals surface area contributed by atoms with Crippen molar-refractivity contribution in [2.45, 2.75) is 58.9 Å². The number of hydrogen-bond acceptors (Lipinski definition) is 6. The van der Waals surface area contributed by atoms with Crippen LogP contribution in [0, 0.1) is 0 Å². The molecule has 3 aromatic rings. The fourth-order valence-electron chi connectivity index (χ4n) is 3.62. The van der Waals surface area contributed by atoms with Gasteiger partial charge in [0.25, 0.3) is 5.56 Å². The van der Waals surface area contributed by atoms with Crippen LogP contribution in [0.1, 0.15) is 57.9 Å². The summed E-state index contributed by atoms with van der Waals surface area (Å²) in [5.41, 5.74) is 4.48. The molecule has 9 heteroatoms. The van der Waals surface area contributed by atoms with E-state index in [0.29, 0.717) is 23.7 Å². The molecule has 0 aliphatic carbocycles. The molecule has 0 fully saturated rings. The van der Waals surface area contributed by atoms with Gasteiger partial charge in [0.1, 0.15) is 5.75 Å². The third-order valence-corrected chi connectivity index (χ3v) is 5.57. The molecule has 2 heterocycles. The van der Waals surface area contributed by atoms with Crippen LogP contribution in [0.4, 0.5) is 5.95 Å². The zero-order valence-corrected chi connectivity index (χ0v) is 19.3. The van der Waals surface area contributed by atoms with E-state index in [1.54, 1.807) is 14.2 Å². The Morgan fingerprint density at radius 1 is 1.12 bits per heavy atom. The van der Waals surface area contributed by atoms with Crippen LogP contribution >= 0.6 is 0 Å². The van der Waals surface area contributed by atoms with Gasteiger partial charge in [-0.1, -0.05) is 39.0 Å². The van der Waals surface area contributed by atoms with Gasteiger partial charge in [-0.3, -0.25) is 14.3 Å². The number of hydrazone groups is 1. The zero-order valence-electron chi connectivity index (χ0n) is 19.3. The van der Waals surface area contributed by atoms with Crippen LogP contribution < -0.4 is 21.4 Å². The molecule has 0 amide bonds. The van der Waals surface area contributed by atoms with Crippen molar-refractivity contribution >= 4 is 22.8 Å². The van der Waals surface area contributed by atoms with Gasteiger partial charge in [-0.05, 0) is 43.2 Å². The van der Waals surface area contributed by atoms with Crippen LogP contribution in [0.2, 0.25) is 0 Å². The summed E-state index contributed by atoms with van der Waals surface area (Å²) in [7, 11) is 3.22. The highest BCUT2D eigenvalue weighted by atomic mass is 16.5. The van der Waals surface area contributed by atoms with E-state index < -0.39 is 11.2 Å². The van der Waals surface area contributed by atoms with Crippen LogP contribution in [0.25, 0.3) is 11.2 Å². The molecule has 2 N–H and O–H groups in total. The van der Waals surface area contributed by atoms with E-state index in [2.05, 4.69) is 27.4 Å². The first-order valence-corrected chi connectivity index (χ1v) is 11.1. The second-order valence-corrected chi connectivity index (χ2v) is 7.88. The number of aryl methyl sites for hydroxylation is 2. The highest BCUT2D eigenvalue weighted by Gasteiger charge is 2.17. The van der Waals surface area contributed by atoms with Crippen LogP contribution in [-0.2, 0) is 13.6 Å². The minimum atomic E-state index is -0.490. The summed E-state index contributed by atoms with van der Waals surface area (Å²) in [6.45, 7) is 4.70. The summed E-state index contributed by atoms with van der Waals surface area (Å²) < 4.78 is 8.36. The van der Waals surface area contributed by atoms with E-state index in [4.69, 9.17) is 4.74 Å². The summed E-state index contributed by atoms with van der Waals surface area (Å²) >= 11 is 0. The summed E-state index contributed by atoms with van der Waals surface area (Å²) in [4.78, 5) is 31.5. The SMILES string of the molecule is CCCCCCCCn1c(N/N=C(/C)c2ccc(OC)cc2)nc2c1c(=O)[nH]c(=O)n2C. The number of methoxy groups -OCH3 is 1. The second-order valence-electron chi connectivity index (χ2n) is 7.88. The van der Waals surface area contributed by atoms with Gasteiger partial charge in [0, 0.05) is 13.6 Å². The standard InChI is InChI=1S/C23H32N6O3/c1-5-6-7-8-9-10-15-29-19-20(28(3)23(31)25-21(19)30)24-22(29)27-26-16(2)17-11-13-18(32-4)14-12-17/h11-14H,5-10,15H2,1-4H3,(H,24,27)(H,25,30,31)/b26-16-. The van der Waals surface area contributed by atoms with Crippen LogP contribution in [0.5, 0.6) is 5.75 Å². The quantitative estimate of drug-likeness (QED) is 0.269. The smallest absolute Gasteiger partial charge is 0.329 e. The molecule has 0 saturated heterocycles. The van der Waals surface area contributed by atoms with Gasteiger partial charge < -0.3 is 9.30 Å². The summed E-state index contributed by atoms with van der Waals surface area (Å²) in [6, 6.07) is 7.59. The van der Waals surface area contributed by atoms with Crippen molar-refractivity contribution in [2.24, 2.45) is 12.1 Å². The molecule has 0 unspecified atom stereocenters. The lowest BCUT2D eigenvalue weighted by atomic mass is 10.1. The number of imidazole rings is 1. The molecular formula is C23H32N6O3. The summed E-state index contributed by atoms with van der Waals surface area (Å²) in [5, 5.41) is 4.47. The minimum absolute atomic E-state index is 0.338. The molecule has 0 bridgehead atoms. The van der Waals surface area contributed by atoms with Crippen molar-refractivity contribution in [3.8, 4) is 5.75 Å². The fourth-order valence-corrected chi connectivity index (χ4v) is 3.62. The Morgan fingerprint density at radius 3 is 2.50 bits per heavy atom. The van der Waals surface area contributed by atoms with Crippen molar-refractivity contribution in [3.05, 3.63) is 50.7 Å². The van der Waals surface area contributed by atoms with E-state index in [-0.39, 0.29) is 0 Å². The molecule has 0 aliphatic rings. The molecule has 0 spiro atoms. The van der Waals surface area contributed by atoms with Crippen molar-refractivity contribution in [2.75, 3.05) is 12.5 Å². The number of rotatable bonds is 11. The van der Waals surface area contributed by atoms with Crippen molar-refractivity contribution < 1.29 is 4.74 Å². The number of unbranched alkanes of at least 4 members (excludes halogenated alkanes) is 5. The average molecular weight is 441 g/mol. The maximum absolute atomic E-state index is 12.6. The maximum Gasteiger partial charge on any atom is 0.329 e. The minimum Gasteiger partial charge on any atom is -0.497 e. The average Bonchev–Trinajstić information content (AvgIpc) is 3.17. The van der Waals surface area contributed by atoms with E-state index in [1.165, 1.54) is 23.8 Å². The number of H-pyrrole nitrogens is 1. The van der Waals surface area contributed by atoms with Crippen molar-refractivity contribution in [1.29, 1.82) is 0 Å². The largest absolute Gasteiger partial charge is 0.497 e. The van der Waals surface area contributed by atoms with Gasteiger partial charge in [-0.25, -0.2) is 10.2 Å². The first-order chi connectivity index (χ1) is 15.5. The highest BCUT2D eigenvalue weighted by Crippen LogP contribution is 2.18. The van der Waals surface area contributed by atoms with Gasteiger partial charge in [-0.2, -0.15) is 10.1 Å². The van der Waals surface area contributed by atoms with Crippen molar-refractivity contribution in [3.63, 3.8) is 0 Å². The molecule has 0 aliphatic heterocycles. The topological polar surface area (TPSA) is 106 Å². The Morgan fingerprint density at radius 2 is 1.81 bits per heavy atom. The number of ether oxygens (including phenoxy) is 1. The zero-order chi connectivity index (χ0) is 23.1. The fraction of sp³-hybridized carbons (Fsp3) is 0.478. The number of benzene rings is 1. The van der Waals surface area contributed by atoms with Crippen LogP contribution in [-0.4, -0.2) is 31.9 Å². The Hall–Kier alpha value is -3.36. The van der Waals surface area contributed by atoms with E-state index in [0.717, 1.165) is 36.3 Å². The van der Waals surface area contributed by atoms with Gasteiger partial charge >= 0.3 is 5.69 Å². The number of hydrogen-bond donors (Lipinski definition) is 2. The highest BCUT2D eigenvalue weighted by molar-refractivity contribution is 5.99. The maximum atomic E-state index is 12.6. The third kappa shape index (κ3) is 5.27. The Bertz CT molecular complexity index is 1190. The first-order valence-electron chi connectivity index (χ1n) is 11.1. The normalized spacial score (nSPS) is 11.8. The molecular weight excluding hydrogens is 408 g/mol. The molecule has 32 heavy (non-hydrogen) atoms. The number of aromatic amines is 1. The number of fused-ring (bicyclic) bond motifs is 1. The lowest BCUT2D eigenvalue weighted by Gasteiger charge is -2.09. The number of anilines is 1. The Kier molecular flexibility index (Phi) is 7.86. The molecule has 9 nitrogen and oxygen atoms in total. The predicted molar refractivity (Wildman–Crippen MR) is 128 cm³/mol. The van der Waals surface area contributed by atoms with E-state index >= 15 is 0 Å². The molecule has 2 aromatic heterocycles. The number of nitrogens with zero attached hydrogens (tertiary/aromatic N) is 4. The monoisotopic (exact) mass is 440 g/mol. The molecule has 0 atom stereocenters. The van der Waals surface area contributed by atoms with E-state index in [1.807, 2.05) is 35.8 Å². The first kappa shape index (κ1) is 23.3. The predicted octanol–water partition coefficient (Wildman–Crippen LogP) is 3.63. The number of nitrogens with one attached hydrogen (secondary N) is 2. The lowest BCUT2D eigenvalue weighted by Crippen LogP contribution is -2.29. The molecule has 3 rings (SSSR count). The van der Waals surface area contributed by atoms with Gasteiger partial charge in [-0.15, -0.1) is 0 Å². The summed E-state index contributed by atoms with van der Waals surface area (Å²) in [5.74, 6) is 1.21. The third-order valence-electron chi connectivity index (χ3n) is 5.57. The lowest BCUT2D eigenvalue weighted by molar-refractivity contribution is 0.415. The van der Waals surface area contributed by atoms with Gasteiger partial charge in [0.2, 0.25) is 5.95 Å². The van der Waals surface area contributed by atoms with Gasteiger partial charge in [0.15, 0.2) is 11.2 Å². The van der Waals surface area contributed by atoms with Crippen LogP contribution in [0.3, 0.4) is 0 Å². The number of aromatic nitrogens is 4. The Balaban J connectivity index is 1.88. The summed E-state index contributed by atoms with van der Waals surface area (Å²) in [6.07, 6.45) is 6.79. The van der Waals surface area contributed by atoms with E-state index in [9.17, 15) is 9.59 Å². The molecule has 172 valence electrons. The second kappa shape index (κ2) is 10.8. The van der Waals surface area contributed by atoms with Crippen molar-refractivity contribution in [1.82, 2.24) is 19.1 Å².